The topological polar surface area (TPSA) is 84.6 Å². The summed E-state index contributed by atoms with van der Waals surface area (Å²) >= 11 is 0. The van der Waals surface area contributed by atoms with Gasteiger partial charge in [-0.1, -0.05) is 0 Å². The van der Waals surface area contributed by atoms with Crippen LogP contribution in [0.4, 0.5) is 0 Å². The zero-order valence-corrected chi connectivity index (χ0v) is 6.91. The Bertz CT molecular complexity index is 518. The Morgan fingerprint density at radius 1 is 1.57 bits per heavy atom. The third-order valence-electron chi connectivity index (χ3n) is 1.71. The second-order valence-corrected chi connectivity index (χ2v) is 2.61. The molecule has 2 heterocycles. The smallest absolute Gasteiger partial charge is 0.335 e. The van der Waals surface area contributed by atoms with Gasteiger partial charge in [-0.3, -0.25) is 4.79 Å². The van der Waals surface area contributed by atoms with E-state index in [1.54, 1.807) is 0 Å². The van der Waals surface area contributed by atoms with E-state index in [0.717, 1.165) is 0 Å². The summed E-state index contributed by atoms with van der Waals surface area (Å²) in [5.74, 6) is -1.00. The molecule has 0 saturated heterocycles. The number of pyridine rings is 1. The van der Waals surface area contributed by atoms with Crippen molar-refractivity contribution in [3.05, 3.63) is 29.7 Å². The van der Waals surface area contributed by atoms with E-state index in [0.29, 0.717) is 11.9 Å². The maximum absolute atomic E-state index is 10.6. The summed E-state index contributed by atoms with van der Waals surface area (Å²) in [6, 6.07) is 2.74. The normalized spacial score (nSPS) is 10.3. The number of nitrogens with zero attached hydrogens (tertiary/aromatic N) is 3. The van der Waals surface area contributed by atoms with E-state index in [2.05, 4.69) is 10.1 Å². The van der Waals surface area contributed by atoms with Gasteiger partial charge in [-0.2, -0.15) is 0 Å². The Labute approximate surface area is 77.8 Å². The zero-order chi connectivity index (χ0) is 10.1. The standard InChI is InChI=1S/C8H5N3O3/c12-4-6-9-7-3-5(8(13)14)1-2-11(7)10-6/h1-4H,(H,13,14). The van der Waals surface area contributed by atoms with Gasteiger partial charge in [0.15, 0.2) is 11.9 Å². The number of carboxylic acid groups (broad SMARTS) is 1. The number of carbonyl (C=O) groups is 2. The molecule has 2 aromatic heterocycles. The first-order valence-corrected chi connectivity index (χ1v) is 3.75. The van der Waals surface area contributed by atoms with Crippen molar-refractivity contribution in [1.29, 1.82) is 0 Å². The van der Waals surface area contributed by atoms with Crippen LogP contribution in [0, 0.1) is 0 Å². The van der Waals surface area contributed by atoms with Crippen molar-refractivity contribution in [1.82, 2.24) is 14.6 Å². The first-order chi connectivity index (χ1) is 6.70. The lowest BCUT2D eigenvalue weighted by atomic mass is 10.3. The quantitative estimate of drug-likeness (QED) is 0.687. The molecule has 6 heteroatoms. The fourth-order valence-corrected chi connectivity index (χ4v) is 1.08. The third-order valence-corrected chi connectivity index (χ3v) is 1.71. The molecule has 0 saturated carbocycles. The van der Waals surface area contributed by atoms with Crippen molar-refractivity contribution in [2.45, 2.75) is 0 Å². The van der Waals surface area contributed by atoms with Crippen molar-refractivity contribution < 1.29 is 14.7 Å². The number of fused-ring (bicyclic) bond motifs is 1. The summed E-state index contributed by atoms with van der Waals surface area (Å²) in [7, 11) is 0. The molecule has 2 aromatic rings. The maximum Gasteiger partial charge on any atom is 0.335 e. The van der Waals surface area contributed by atoms with E-state index >= 15 is 0 Å². The largest absolute Gasteiger partial charge is 0.478 e. The van der Waals surface area contributed by atoms with Crippen molar-refractivity contribution in [3.63, 3.8) is 0 Å². The Balaban J connectivity index is 2.65. The Kier molecular flexibility index (Phi) is 1.74. The van der Waals surface area contributed by atoms with Crippen LogP contribution < -0.4 is 0 Å². The van der Waals surface area contributed by atoms with Crippen LogP contribution in [0.1, 0.15) is 21.0 Å². The number of rotatable bonds is 2. The third kappa shape index (κ3) is 1.22. The minimum absolute atomic E-state index is 0.0348. The van der Waals surface area contributed by atoms with Crippen LogP contribution in [0.25, 0.3) is 5.65 Å². The molecule has 70 valence electrons. The Hall–Kier alpha value is -2.24. The van der Waals surface area contributed by atoms with Crippen LogP contribution in [0.2, 0.25) is 0 Å². The molecule has 0 atom stereocenters. The first-order valence-electron chi connectivity index (χ1n) is 3.75. The lowest BCUT2D eigenvalue weighted by Gasteiger charge is -1.93. The number of hydrogen-bond acceptors (Lipinski definition) is 4. The molecule has 0 spiro atoms. The summed E-state index contributed by atoms with van der Waals surface area (Å²) in [4.78, 5) is 24.7. The summed E-state index contributed by atoms with van der Waals surface area (Å²) < 4.78 is 1.34. The number of aromatic nitrogens is 3. The number of carboxylic acids is 1. The maximum atomic E-state index is 10.6. The van der Waals surface area contributed by atoms with Crippen molar-refractivity contribution in [2.75, 3.05) is 0 Å². The van der Waals surface area contributed by atoms with Gasteiger partial charge in [-0.25, -0.2) is 14.3 Å². The Morgan fingerprint density at radius 3 is 3.00 bits per heavy atom. The summed E-state index contributed by atoms with van der Waals surface area (Å²) in [6.07, 6.45) is 1.95. The van der Waals surface area contributed by atoms with Gasteiger partial charge in [0.2, 0.25) is 5.82 Å². The SMILES string of the molecule is O=Cc1nc2cc(C(=O)O)ccn2n1. The molecule has 14 heavy (non-hydrogen) atoms. The summed E-state index contributed by atoms with van der Waals surface area (Å²) in [6.45, 7) is 0. The van der Waals surface area contributed by atoms with E-state index in [4.69, 9.17) is 5.11 Å². The molecule has 0 bridgehead atoms. The number of carbonyl (C=O) groups excluding carboxylic acids is 1. The van der Waals surface area contributed by atoms with E-state index in [9.17, 15) is 9.59 Å². The van der Waals surface area contributed by atoms with Gasteiger partial charge in [-0.05, 0) is 12.1 Å². The first kappa shape index (κ1) is 8.36. The highest BCUT2D eigenvalue weighted by Gasteiger charge is 2.06. The second kappa shape index (κ2) is 2.91. The molecule has 0 aliphatic rings. The molecule has 0 aliphatic carbocycles. The van der Waals surface area contributed by atoms with Gasteiger partial charge in [0.1, 0.15) is 0 Å². The highest BCUT2D eigenvalue weighted by Crippen LogP contribution is 2.04. The van der Waals surface area contributed by atoms with Gasteiger partial charge in [0.25, 0.3) is 0 Å². The van der Waals surface area contributed by atoms with Crippen molar-refractivity contribution >= 4 is 17.9 Å². The minimum Gasteiger partial charge on any atom is -0.478 e. The van der Waals surface area contributed by atoms with Crippen LogP contribution in [0.3, 0.4) is 0 Å². The molecule has 0 radical (unpaired) electrons. The second-order valence-electron chi connectivity index (χ2n) is 2.61. The van der Waals surface area contributed by atoms with Gasteiger partial charge in [0, 0.05) is 6.20 Å². The number of hydrogen-bond donors (Lipinski definition) is 1. The molecule has 0 unspecified atom stereocenters. The minimum atomic E-state index is -1.04. The molecule has 1 N–H and O–H groups in total. The summed E-state index contributed by atoms with van der Waals surface area (Å²) in [5, 5.41) is 12.5. The Morgan fingerprint density at radius 2 is 2.36 bits per heavy atom. The van der Waals surface area contributed by atoms with Gasteiger partial charge >= 0.3 is 5.97 Å². The summed E-state index contributed by atoms with van der Waals surface area (Å²) in [5.41, 5.74) is 0.453. The predicted octanol–water partition coefficient (Wildman–Crippen LogP) is 0.240. The van der Waals surface area contributed by atoms with E-state index in [1.807, 2.05) is 0 Å². The molecule has 0 fully saturated rings. The zero-order valence-electron chi connectivity index (χ0n) is 6.91. The predicted molar refractivity (Wildman–Crippen MR) is 45.3 cm³/mol. The highest BCUT2D eigenvalue weighted by molar-refractivity contribution is 5.88. The van der Waals surface area contributed by atoms with Gasteiger partial charge in [0.05, 0.1) is 5.56 Å². The molecule has 2 rings (SSSR count). The van der Waals surface area contributed by atoms with Gasteiger partial charge in [-0.15, -0.1) is 5.10 Å². The molecular formula is C8H5N3O3. The van der Waals surface area contributed by atoms with Crippen LogP contribution in [0.15, 0.2) is 18.3 Å². The molecular weight excluding hydrogens is 186 g/mol. The average molecular weight is 191 g/mol. The lowest BCUT2D eigenvalue weighted by molar-refractivity contribution is 0.0696. The highest BCUT2D eigenvalue weighted by atomic mass is 16.4. The average Bonchev–Trinajstić information content (AvgIpc) is 2.58. The van der Waals surface area contributed by atoms with Gasteiger partial charge < -0.3 is 5.11 Å². The van der Waals surface area contributed by atoms with E-state index < -0.39 is 5.97 Å². The molecule has 0 amide bonds. The van der Waals surface area contributed by atoms with E-state index in [1.165, 1.54) is 22.8 Å². The fraction of sp³-hybridized carbons (Fsp3) is 0. The fourth-order valence-electron chi connectivity index (χ4n) is 1.08. The molecule has 0 aromatic carbocycles. The van der Waals surface area contributed by atoms with Crippen LogP contribution in [0.5, 0.6) is 0 Å². The van der Waals surface area contributed by atoms with E-state index in [-0.39, 0.29) is 11.4 Å². The van der Waals surface area contributed by atoms with Crippen LogP contribution in [-0.2, 0) is 0 Å². The number of aldehydes is 1. The molecule has 6 nitrogen and oxygen atoms in total. The van der Waals surface area contributed by atoms with Crippen molar-refractivity contribution in [3.8, 4) is 0 Å². The molecule has 0 aliphatic heterocycles. The van der Waals surface area contributed by atoms with Crippen LogP contribution >= 0.6 is 0 Å². The van der Waals surface area contributed by atoms with Crippen LogP contribution in [-0.4, -0.2) is 32.0 Å². The lowest BCUT2D eigenvalue weighted by Crippen LogP contribution is -1.97. The monoisotopic (exact) mass is 191 g/mol. The number of aromatic carboxylic acids is 1. The van der Waals surface area contributed by atoms with Crippen molar-refractivity contribution in [2.24, 2.45) is 0 Å².